The van der Waals surface area contributed by atoms with Gasteiger partial charge in [-0.05, 0) is 31.0 Å². The third-order valence-electron chi connectivity index (χ3n) is 3.64. The van der Waals surface area contributed by atoms with Crippen molar-refractivity contribution >= 4 is 29.1 Å². The van der Waals surface area contributed by atoms with E-state index in [0.29, 0.717) is 22.2 Å². The molecule has 0 saturated carbocycles. The Bertz CT molecular complexity index is 437. The van der Waals surface area contributed by atoms with Gasteiger partial charge in [-0.15, -0.1) is 0 Å². The van der Waals surface area contributed by atoms with Crippen LogP contribution in [0.25, 0.3) is 0 Å². The van der Waals surface area contributed by atoms with Crippen molar-refractivity contribution in [2.24, 2.45) is 5.41 Å². The monoisotopic (exact) mass is 303 g/mol. The van der Waals surface area contributed by atoms with Crippen molar-refractivity contribution in [2.45, 2.75) is 26.7 Å². The van der Waals surface area contributed by atoms with Crippen molar-refractivity contribution in [2.75, 3.05) is 13.2 Å². The highest BCUT2D eigenvalue weighted by atomic mass is 35.5. The average molecular weight is 304 g/mol. The molecule has 0 fully saturated rings. The Morgan fingerprint density at radius 2 is 1.89 bits per heavy atom. The van der Waals surface area contributed by atoms with Crippen molar-refractivity contribution in [3.05, 3.63) is 33.8 Å². The first-order valence-corrected chi connectivity index (χ1v) is 7.07. The molecule has 106 valence electrons. The first-order valence-electron chi connectivity index (χ1n) is 6.32. The van der Waals surface area contributed by atoms with Crippen LogP contribution >= 0.6 is 23.2 Å². The molecule has 0 unspecified atom stereocenters. The molecule has 0 heterocycles. The van der Waals surface area contributed by atoms with Crippen molar-refractivity contribution in [3.8, 4) is 0 Å². The van der Waals surface area contributed by atoms with Crippen molar-refractivity contribution in [1.82, 2.24) is 5.32 Å². The molecule has 0 spiro atoms. The van der Waals surface area contributed by atoms with Crippen LogP contribution in [0.1, 0.15) is 37.0 Å². The molecule has 0 atom stereocenters. The van der Waals surface area contributed by atoms with E-state index >= 15 is 0 Å². The van der Waals surface area contributed by atoms with E-state index in [4.69, 9.17) is 23.2 Å². The van der Waals surface area contributed by atoms with Crippen LogP contribution in [-0.2, 0) is 0 Å². The quantitative estimate of drug-likeness (QED) is 0.845. The topological polar surface area (TPSA) is 49.3 Å². The summed E-state index contributed by atoms with van der Waals surface area (Å²) in [6.07, 6.45) is 1.61. The number of rotatable bonds is 6. The molecule has 1 amide bonds. The molecule has 19 heavy (non-hydrogen) atoms. The number of amides is 1. The van der Waals surface area contributed by atoms with Gasteiger partial charge in [-0.1, -0.05) is 37.0 Å². The number of aliphatic hydroxyl groups excluding tert-OH is 1. The SMILES string of the molecule is CCC(CC)(CO)CNC(=O)c1ccc(Cl)c(Cl)c1. The van der Waals surface area contributed by atoms with E-state index in [0.717, 1.165) is 12.8 Å². The minimum absolute atomic E-state index is 0.0572. The van der Waals surface area contributed by atoms with Gasteiger partial charge in [-0.25, -0.2) is 0 Å². The lowest BCUT2D eigenvalue weighted by molar-refractivity contribution is 0.0851. The standard InChI is InChI=1S/C14H19Cl2NO2/c1-3-14(4-2,9-18)8-17-13(19)10-5-6-11(15)12(16)7-10/h5-7,18H,3-4,8-9H2,1-2H3,(H,17,19). The molecule has 0 radical (unpaired) electrons. The normalized spacial score (nSPS) is 11.4. The van der Waals surface area contributed by atoms with Crippen LogP contribution in [-0.4, -0.2) is 24.2 Å². The molecule has 2 N–H and O–H groups in total. The number of hydrogen-bond acceptors (Lipinski definition) is 2. The van der Waals surface area contributed by atoms with Crippen molar-refractivity contribution < 1.29 is 9.90 Å². The molecule has 0 aliphatic heterocycles. The molecule has 1 aromatic rings. The zero-order valence-electron chi connectivity index (χ0n) is 11.2. The van der Waals surface area contributed by atoms with E-state index < -0.39 is 0 Å². The summed E-state index contributed by atoms with van der Waals surface area (Å²) in [6.45, 7) is 4.51. The Kier molecular flexibility index (Phi) is 6.11. The highest BCUT2D eigenvalue weighted by Crippen LogP contribution is 2.25. The lowest BCUT2D eigenvalue weighted by atomic mass is 9.83. The maximum Gasteiger partial charge on any atom is 0.251 e. The molecule has 0 aliphatic rings. The van der Waals surface area contributed by atoms with Crippen LogP contribution in [0.2, 0.25) is 10.0 Å². The van der Waals surface area contributed by atoms with Crippen LogP contribution in [0.15, 0.2) is 18.2 Å². The van der Waals surface area contributed by atoms with Gasteiger partial charge in [-0.3, -0.25) is 4.79 Å². The third-order valence-corrected chi connectivity index (χ3v) is 4.38. The lowest BCUT2D eigenvalue weighted by Crippen LogP contribution is -2.39. The van der Waals surface area contributed by atoms with E-state index in [9.17, 15) is 9.90 Å². The van der Waals surface area contributed by atoms with Crippen LogP contribution in [0.5, 0.6) is 0 Å². The second-order valence-electron chi connectivity index (χ2n) is 4.68. The van der Waals surface area contributed by atoms with Gasteiger partial charge in [0.15, 0.2) is 0 Å². The fourth-order valence-corrected chi connectivity index (χ4v) is 2.08. The number of benzene rings is 1. The van der Waals surface area contributed by atoms with E-state index in [1.165, 1.54) is 6.07 Å². The summed E-state index contributed by atoms with van der Waals surface area (Å²) >= 11 is 11.7. The maximum atomic E-state index is 12.0. The first-order chi connectivity index (χ1) is 8.98. The fourth-order valence-electron chi connectivity index (χ4n) is 1.79. The number of carbonyl (C=O) groups is 1. The Hall–Kier alpha value is -0.770. The third kappa shape index (κ3) is 4.10. The Balaban J connectivity index is 2.72. The zero-order valence-corrected chi connectivity index (χ0v) is 12.7. The van der Waals surface area contributed by atoms with Gasteiger partial charge in [0, 0.05) is 17.5 Å². The number of aliphatic hydroxyl groups is 1. The summed E-state index contributed by atoms with van der Waals surface area (Å²) in [5.74, 6) is -0.210. The molecule has 0 saturated heterocycles. The largest absolute Gasteiger partial charge is 0.396 e. The molecular formula is C14H19Cl2NO2. The maximum absolute atomic E-state index is 12.0. The molecule has 1 rings (SSSR count). The lowest BCUT2D eigenvalue weighted by Gasteiger charge is -2.29. The van der Waals surface area contributed by atoms with E-state index in [1.807, 2.05) is 13.8 Å². The Labute approximate surface area is 123 Å². The fraction of sp³-hybridized carbons (Fsp3) is 0.500. The number of carbonyl (C=O) groups excluding carboxylic acids is 1. The highest BCUT2D eigenvalue weighted by molar-refractivity contribution is 6.42. The minimum Gasteiger partial charge on any atom is -0.396 e. The highest BCUT2D eigenvalue weighted by Gasteiger charge is 2.26. The summed E-state index contributed by atoms with van der Waals surface area (Å²) < 4.78 is 0. The molecule has 0 aliphatic carbocycles. The van der Waals surface area contributed by atoms with Gasteiger partial charge < -0.3 is 10.4 Å². The molecule has 0 bridgehead atoms. The number of halogens is 2. The predicted molar refractivity (Wildman–Crippen MR) is 78.9 cm³/mol. The van der Waals surface area contributed by atoms with Gasteiger partial charge in [0.2, 0.25) is 0 Å². The first kappa shape index (κ1) is 16.3. The van der Waals surface area contributed by atoms with Gasteiger partial charge in [0.1, 0.15) is 0 Å². The van der Waals surface area contributed by atoms with Crippen LogP contribution < -0.4 is 5.32 Å². The number of hydrogen-bond donors (Lipinski definition) is 2. The van der Waals surface area contributed by atoms with Gasteiger partial charge in [-0.2, -0.15) is 0 Å². The van der Waals surface area contributed by atoms with E-state index in [2.05, 4.69) is 5.32 Å². The summed E-state index contributed by atoms with van der Waals surface area (Å²) in [6, 6.07) is 4.76. The summed E-state index contributed by atoms with van der Waals surface area (Å²) in [4.78, 5) is 12.0. The van der Waals surface area contributed by atoms with Gasteiger partial charge in [0.25, 0.3) is 5.91 Å². The number of nitrogens with one attached hydrogen (secondary N) is 1. The van der Waals surface area contributed by atoms with E-state index in [-0.39, 0.29) is 17.9 Å². The summed E-state index contributed by atoms with van der Waals surface area (Å²) in [5, 5.41) is 13.1. The Morgan fingerprint density at radius 1 is 1.26 bits per heavy atom. The molecule has 1 aromatic carbocycles. The molecular weight excluding hydrogens is 285 g/mol. The predicted octanol–water partition coefficient (Wildman–Crippen LogP) is 3.52. The average Bonchev–Trinajstić information content (AvgIpc) is 2.43. The molecule has 0 aromatic heterocycles. The van der Waals surface area contributed by atoms with Gasteiger partial charge >= 0.3 is 0 Å². The van der Waals surface area contributed by atoms with E-state index in [1.54, 1.807) is 12.1 Å². The molecule has 3 nitrogen and oxygen atoms in total. The van der Waals surface area contributed by atoms with Crippen LogP contribution in [0, 0.1) is 5.41 Å². The minimum atomic E-state index is -0.258. The Morgan fingerprint density at radius 3 is 2.37 bits per heavy atom. The zero-order chi connectivity index (χ0) is 14.5. The van der Waals surface area contributed by atoms with Crippen LogP contribution in [0.3, 0.4) is 0 Å². The van der Waals surface area contributed by atoms with Crippen LogP contribution in [0.4, 0.5) is 0 Å². The van der Waals surface area contributed by atoms with Crippen molar-refractivity contribution in [1.29, 1.82) is 0 Å². The second-order valence-corrected chi connectivity index (χ2v) is 5.49. The van der Waals surface area contributed by atoms with Crippen molar-refractivity contribution in [3.63, 3.8) is 0 Å². The summed E-state index contributed by atoms with van der Waals surface area (Å²) in [5.41, 5.74) is 0.208. The second kappa shape index (κ2) is 7.13. The smallest absolute Gasteiger partial charge is 0.251 e. The van der Waals surface area contributed by atoms with Gasteiger partial charge in [0.05, 0.1) is 16.7 Å². The molecule has 5 heteroatoms. The summed E-state index contributed by atoms with van der Waals surface area (Å²) in [7, 11) is 0.